The largest absolute Gasteiger partial charge is 0.489 e. The molecule has 8 heteroatoms. The van der Waals surface area contributed by atoms with Crippen LogP contribution in [0, 0.1) is 5.92 Å². The van der Waals surface area contributed by atoms with Crippen molar-refractivity contribution in [2.75, 3.05) is 13.6 Å². The summed E-state index contributed by atoms with van der Waals surface area (Å²) in [6.45, 7) is 5.31. The molecule has 0 amide bonds. The van der Waals surface area contributed by atoms with Crippen molar-refractivity contribution in [3.05, 3.63) is 40.4 Å². The number of nitrogens with one attached hydrogen (secondary N) is 1. The first-order valence-corrected chi connectivity index (χ1v) is 8.81. The smallest absolute Gasteiger partial charge is 0.328 e. The highest BCUT2D eigenvalue weighted by molar-refractivity contribution is 6.34. The van der Waals surface area contributed by atoms with Gasteiger partial charge in [0.1, 0.15) is 11.9 Å². The number of carbonyl (C=O) groups is 2. The molecule has 26 heavy (non-hydrogen) atoms. The highest BCUT2D eigenvalue weighted by Gasteiger charge is 2.14. The molecule has 146 valence electrons. The van der Waals surface area contributed by atoms with E-state index in [2.05, 4.69) is 19.2 Å². The van der Waals surface area contributed by atoms with Crippen molar-refractivity contribution in [2.24, 2.45) is 5.92 Å². The first-order valence-electron chi connectivity index (χ1n) is 8.05. The van der Waals surface area contributed by atoms with Crippen molar-refractivity contribution in [2.45, 2.75) is 32.8 Å². The Bertz CT molecular complexity index is 589. The zero-order valence-electron chi connectivity index (χ0n) is 15.0. The van der Waals surface area contributed by atoms with Gasteiger partial charge in [0.15, 0.2) is 0 Å². The summed E-state index contributed by atoms with van der Waals surface area (Å²) in [6.07, 6.45) is 3.24. The molecule has 0 radical (unpaired) electrons. The van der Waals surface area contributed by atoms with Crippen LogP contribution in [0.4, 0.5) is 0 Å². The third kappa shape index (κ3) is 12.6. The van der Waals surface area contributed by atoms with Gasteiger partial charge in [-0.15, -0.1) is 0 Å². The Kier molecular flexibility index (Phi) is 12.5. The number of rotatable bonds is 9. The molecule has 1 aromatic rings. The molecular formula is C18H25Cl2NO5. The summed E-state index contributed by atoms with van der Waals surface area (Å²) >= 11 is 12.1. The predicted octanol–water partition coefficient (Wildman–Crippen LogP) is 4.11. The summed E-state index contributed by atoms with van der Waals surface area (Å²) in [4.78, 5) is 19.1. The van der Waals surface area contributed by atoms with Gasteiger partial charge in [0.25, 0.3) is 0 Å². The van der Waals surface area contributed by atoms with Crippen molar-refractivity contribution < 1.29 is 24.5 Å². The van der Waals surface area contributed by atoms with Crippen LogP contribution in [0.2, 0.25) is 10.0 Å². The Morgan fingerprint density at radius 3 is 2.23 bits per heavy atom. The lowest BCUT2D eigenvalue weighted by Gasteiger charge is -2.21. The van der Waals surface area contributed by atoms with Crippen LogP contribution >= 0.6 is 23.2 Å². The molecule has 6 nitrogen and oxygen atoms in total. The van der Waals surface area contributed by atoms with Crippen LogP contribution in [-0.4, -0.2) is 41.8 Å². The van der Waals surface area contributed by atoms with Gasteiger partial charge in [-0.05, 0) is 44.5 Å². The number of carboxylic acid groups (broad SMARTS) is 2. The maximum absolute atomic E-state index is 9.55. The fourth-order valence-corrected chi connectivity index (χ4v) is 2.27. The van der Waals surface area contributed by atoms with Crippen molar-refractivity contribution in [1.82, 2.24) is 5.32 Å². The standard InChI is InChI=1S/C14H21Cl2NO.C4H4O4/c1-10(2)8-12(6-7-17-3)18-14-9-11(15)4-5-13(14)16;5-3(6)1-2-4(7)8/h4-5,9-10,12,17H,6-8H2,1-3H3;1-2H,(H,5,6)(H,7,8)/b;2-1+. The number of hydrogen-bond acceptors (Lipinski definition) is 4. The van der Waals surface area contributed by atoms with Gasteiger partial charge in [0.05, 0.1) is 5.02 Å². The van der Waals surface area contributed by atoms with Gasteiger partial charge in [-0.25, -0.2) is 9.59 Å². The number of halogens is 2. The Hall–Kier alpha value is -1.76. The van der Waals surface area contributed by atoms with E-state index < -0.39 is 11.9 Å². The lowest BCUT2D eigenvalue weighted by Crippen LogP contribution is -2.24. The molecule has 3 N–H and O–H groups in total. The van der Waals surface area contributed by atoms with Gasteiger partial charge in [-0.3, -0.25) is 0 Å². The molecule has 0 aromatic heterocycles. The minimum Gasteiger partial charge on any atom is -0.489 e. The van der Waals surface area contributed by atoms with E-state index in [4.69, 9.17) is 38.2 Å². The molecule has 0 saturated carbocycles. The second kappa shape index (κ2) is 13.4. The van der Waals surface area contributed by atoms with Gasteiger partial charge in [-0.2, -0.15) is 0 Å². The monoisotopic (exact) mass is 405 g/mol. The summed E-state index contributed by atoms with van der Waals surface area (Å²) in [5, 5.41) is 20.0. The van der Waals surface area contributed by atoms with Crippen LogP contribution in [0.3, 0.4) is 0 Å². The van der Waals surface area contributed by atoms with Gasteiger partial charge in [0, 0.05) is 23.2 Å². The zero-order chi connectivity index (χ0) is 20.1. The fraction of sp³-hybridized carbons (Fsp3) is 0.444. The maximum Gasteiger partial charge on any atom is 0.328 e. The zero-order valence-corrected chi connectivity index (χ0v) is 16.5. The highest BCUT2D eigenvalue weighted by Crippen LogP contribution is 2.29. The fourth-order valence-electron chi connectivity index (χ4n) is 1.95. The number of ether oxygens (including phenoxy) is 1. The second-order valence-electron chi connectivity index (χ2n) is 5.85. The first kappa shape index (κ1) is 24.2. The van der Waals surface area contributed by atoms with Crippen LogP contribution in [0.25, 0.3) is 0 Å². The van der Waals surface area contributed by atoms with Crippen molar-refractivity contribution in [1.29, 1.82) is 0 Å². The summed E-state index contributed by atoms with van der Waals surface area (Å²) in [5.41, 5.74) is 0. The predicted molar refractivity (Wildman–Crippen MR) is 103 cm³/mol. The number of aliphatic carboxylic acids is 2. The van der Waals surface area contributed by atoms with E-state index in [1.165, 1.54) is 0 Å². The van der Waals surface area contributed by atoms with Crippen LogP contribution in [0.5, 0.6) is 5.75 Å². The number of carboxylic acids is 2. The lowest BCUT2D eigenvalue weighted by molar-refractivity contribution is -0.134. The third-order valence-corrected chi connectivity index (χ3v) is 3.55. The molecule has 1 atom stereocenters. The van der Waals surface area contributed by atoms with Crippen LogP contribution in [0.1, 0.15) is 26.7 Å². The minimum atomic E-state index is -1.26. The van der Waals surface area contributed by atoms with Gasteiger partial charge >= 0.3 is 11.9 Å². The van der Waals surface area contributed by atoms with E-state index in [0.29, 0.717) is 33.9 Å². The van der Waals surface area contributed by atoms with Crippen LogP contribution in [-0.2, 0) is 9.59 Å². The molecule has 0 aliphatic rings. The molecular weight excluding hydrogens is 381 g/mol. The van der Waals surface area contributed by atoms with Crippen molar-refractivity contribution >= 4 is 35.1 Å². The first-order chi connectivity index (χ1) is 12.1. The quantitative estimate of drug-likeness (QED) is 0.535. The molecule has 1 aromatic carbocycles. The molecule has 0 fully saturated rings. The Balaban J connectivity index is 0.000000660. The SMILES string of the molecule is CNCCC(CC(C)C)Oc1cc(Cl)ccc1Cl.O=C(O)/C=C/C(=O)O. The molecule has 0 spiro atoms. The summed E-state index contributed by atoms with van der Waals surface area (Å²) in [7, 11) is 1.94. The van der Waals surface area contributed by atoms with Gasteiger partial charge in [-0.1, -0.05) is 37.0 Å². The highest BCUT2D eigenvalue weighted by atomic mass is 35.5. The van der Waals surface area contributed by atoms with Gasteiger partial charge < -0.3 is 20.3 Å². The van der Waals surface area contributed by atoms with E-state index in [1.807, 2.05) is 7.05 Å². The summed E-state index contributed by atoms with van der Waals surface area (Å²) in [5.74, 6) is -1.25. The normalized spacial score (nSPS) is 11.8. The third-order valence-electron chi connectivity index (χ3n) is 3.01. The Labute approximate surface area is 163 Å². The molecule has 0 bridgehead atoms. The average molecular weight is 406 g/mol. The van der Waals surface area contributed by atoms with Crippen LogP contribution < -0.4 is 10.1 Å². The molecule has 0 aliphatic carbocycles. The lowest BCUT2D eigenvalue weighted by atomic mass is 10.0. The molecule has 0 aliphatic heterocycles. The topological polar surface area (TPSA) is 95.9 Å². The van der Waals surface area contributed by atoms with Crippen molar-refractivity contribution in [3.63, 3.8) is 0 Å². The van der Waals surface area contributed by atoms with Gasteiger partial charge in [0.2, 0.25) is 0 Å². The number of benzene rings is 1. The van der Waals surface area contributed by atoms with Crippen molar-refractivity contribution in [3.8, 4) is 5.75 Å². The Morgan fingerprint density at radius 2 is 1.77 bits per heavy atom. The summed E-state index contributed by atoms with van der Waals surface area (Å²) < 4.78 is 5.98. The van der Waals surface area contributed by atoms with E-state index >= 15 is 0 Å². The average Bonchev–Trinajstić information content (AvgIpc) is 2.54. The Morgan fingerprint density at radius 1 is 1.19 bits per heavy atom. The van der Waals surface area contributed by atoms with E-state index in [0.717, 1.165) is 19.4 Å². The molecule has 1 rings (SSSR count). The molecule has 1 unspecified atom stereocenters. The second-order valence-corrected chi connectivity index (χ2v) is 6.69. The van der Waals surface area contributed by atoms with E-state index in [9.17, 15) is 9.59 Å². The molecule has 0 heterocycles. The van der Waals surface area contributed by atoms with E-state index in [-0.39, 0.29) is 6.10 Å². The van der Waals surface area contributed by atoms with E-state index in [1.54, 1.807) is 18.2 Å². The van der Waals surface area contributed by atoms with Crippen LogP contribution in [0.15, 0.2) is 30.4 Å². The molecule has 0 saturated heterocycles. The summed E-state index contributed by atoms with van der Waals surface area (Å²) in [6, 6.07) is 5.31. The maximum atomic E-state index is 9.55. The number of hydrogen-bond donors (Lipinski definition) is 3. The minimum absolute atomic E-state index is 0.161.